The minimum Gasteiger partial charge on any atom is -0.452 e. The first kappa shape index (κ1) is 36.6. The maximum absolute atomic E-state index is 12.9. The van der Waals surface area contributed by atoms with Gasteiger partial charge in [-0.3, -0.25) is 4.79 Å². The fourth-order valence-corrected chi connectivity index (χ4v) is 4.61. The molecule has 6 heteroatoms. The maximum Gasteiger partial charge on any atom is 0.347 e. The molecule has 0 rings (SSSR count). The van der Waals surface area contributed by atoms with Crippen molar-refractivity contribution in [2.45, 2.75) is 187 Å². The van der Waals surface area contributed by atoms with Crippen LogP contribution in [0.2, 0.25) is 0 Å². The molecule has 6 nitrogen and oxygen atoms in total. The van der Waals surface area contributed by atoms with Gasteiger partial charge in [-0.15, -0.1) is 0 Å². The molecule has 0 radical (unpaired) electrons. The van der Waals surface area contributed by atoms with E-state index in [2.05, 4.69) is 13.8 Å². The van der Waals surface area contributed by atoms with Crippen LogP contribution in [0.4, 0.5) is 0 Å². The molecule has 0 aliphatic heterocycles. The summed E-state index contributed by atoms with van der Waals surface area (Å²) in [7, 11) is 0. The molecule has 0 fully saturated rings. The summed E-state index contributed by atoms with van der Waals surface area (Å²) >= 11 is 0. The molecule has 0 spiro atoms. The van der Waals surface area contributed by atoms with Gasteiger partial charge in [-0.2, -0.15) is 0 Å². The van der Waals surface area contributed by atoms with Crippen LogP contribution in [0.3, 0.4) is 0 Å². The third kappa shape index (κ3) is 21.5. The van der Waals surface area contributed by atoms with E-state index in [4.69, 9.17) is 9.47 Å². The molecule has 0 saturated carbocycles. The molecule has 0 aliphatic rings. The molecule has 0 bridgehead atoms. The Morgan fingerprint density at radius 3 is 1.37 bits per heavy atom. The number of hydrogen-bond acceptors (Lipinski definition) is 6. The number of Topliss-reactive ketones (excluding diaryl/α,β-unsaturated/α-hetero) is 1. The number of aliphatic hydroxyl groups excluding tert-OH is 1. The molecular formula is C32H60O6. The maximum atomic E-state index is 12.9. The number of ether oxygens (including phenoxy) is 2. The summed E-state index contributed by atoms with van der Waals surface area (Å²) in [4.78, 5) is 37.1. The van der Waals surface area contributed by atoms with Crippen LogP contribution in [0.1, 0.15) is 169 Å². The Labute approximate surface area is 234 Å². The molecule has 0 amide bonds. The van der Waals surface area contributed by atoms with Crippen molar-refractivity contribution in [3.05, 3.63) is 0 Å². The van der Waals surface area contributed by atoms with Gasteiger partial charge >= 0.3 is 11.9 Å². The monoisotopic (exact) mass is 540 g/mol. The van der Waals surface area contributed by atoms with Crippen molar-refractivity contribution >= 4 is 17.7 Å². The second kappa shape index (κ2) is 25.8. The highest BCUT2D eigenvalue weighted by Crippen LogP contribution is 2.17. The average Bonchev–Trinajstić information content (AvgIpc) is 2.89. The molecule has 0 aromatic rings. The Hall–Kier alpha value is -1.43. The summed E-state index contributed by atoms with van der Waals surface area (Å²) in [6.45, 7) is 7.16. The number of carbonyl (C=O) groups is 3. The number of unbranched alkanes of at least 4 members (excludes halogenated alkanes) is 18. The number of carbonyl (C=O) groups excluding carboxylic acids is 3. The van der Waals surface area contributed by atoms with Crippen LogP contribution in [0.5, 0.6) is 0 Å². The molecule has 3 unspecified atom stereocenters. The number of aliphatic hydroxyl groups is 1. The second-order valence-electron chi connectivity index (χ2n) is 11.0. The van der Waals surface area contributed by atoms with E-state index in [1.54, 1.807) is 0 Å². The molecule has 0 heterocycles. The van der Waals surface area contributed by atoms with Crippen molar-refractivity contribution in [1.29, 1.82) is 0 Å². The van der Waals surface area contributed by atoms with Crippen LogP contribution in [-0.4, -0.2) is 41.1 Å². The van der Waals surface area contributed by atoms with Gasteiger partial charge in [0.2, 0.25) is 0 Å². The van der Waals surface area contributed by atoms with E-state index in [9.17, 15) is 19.5 Å². The summed E-state index contributed by atoms with van der Waals surface area (Å²) < 4.78 is 10.5. The molecule has 0 saturated heterocycles. The fourth-order valence-electron chi connectivity index (χ4n) is 4.61. The van der Waals surface area contributed by atoms with Gasteiger partial charge in [0.15, 0.2) is 18.0 Å². The van der Waals surface area contributed by atoms with Crippen molar-refractivity contribution in [1.82, 2.24) is 0 Å². The lowest BCUT2D eigenvalue weighted by Crippen LogP contribution is -2.35. The lowest BCUT2D eigenvalue weighted by atomic mass is 10.00. The fraction of sp³-hybridized carbons (Fsp3) is 0.906. The molecular weight excluding hydrogens is 480 g/mol. The van der Waals surface area contributed by atoms with Gasteiger partial charge in [-0.1, -0.05) is 129 Å². The third-order valence-electron chi connectivity index (χ3n) is 7.18. The van der Waals surface area contributed by atoms with Crippen molar-refractivity contribution in [3.63, 3.8) is 0 Å². The third-order valence-corrected chi connectivity index (χ3v) is 7.18. The van der Waals surface area contributed by atoms with Crippen molar-refractivity contribution in [2.75, 3.05) is 0 Å². The van der Waals surface area contributed by atoms with E-state index in [0.29, 0.717) is 12.8 Å². The first-order valence-electron chi connectivity index (χ1n) is 15.9. The van der Waals surface area contributed by atoms with Gasteiger partial charge in [0.1, 0.15) is 6.10 Å². The number of ketones is 1. The molecule has 0 aromatic heterocycles. The predicted octanol–water partition coefficient (Wildman–Crippen LogP) is 8.40. The highest BCUT2D eigenvalue weighted by atomic mass is 16.6. The average molecular weight is 541 g/mol. The van der Waals surface area contributed by atoms with Crippen LogP contribution in [0.25, 0.3) is 0 Å². The lowest BCUT2D eigenvalue weighted by Gasteiger charge is -2.20. The Morgan fingerprint density at radius 2 is 0.947 bits per heavy atom. The highest BCUT2D eigenvalue weighted by molar-refractivity contribution is 5.87. The molecule has 0 aromatic carbocycles. The van der Waals surface area contributed by atoms with E-state index in [1.165, 1.54) is 104 Å². The quantitative estimate of drug-likeness (QED) is 0.0831. The first-order valence-corrected chi connectivity index (χ1v) is 15.9. The largest absolute Gasteiger partial charge is 0.452 e. The van der Waals surface area contributed by atoms with Gasteiger partial charge < -0.3 is 14.6 Å². The van der Waals surface area contributed by atoms with E-state index < -0.39 is 30.3 Å². The lowest BCUT2D eigenvalue weighted by molar-refractivity contribution is -0.175. The van der Waals surface area contributed by atoms with Crippen LogP contribution in [0.15, 0.2) is 0 Å². The highest BCUT2D eigenvalue weighted by Gasteiger charge is 2.27. The van der Waals surface area contributed by atoms with E-state index in [1.807, 2.05) is 0 Å². The van der Waals surface area contributed by atoms with Gasteiger partial charge in [0.05, 0.1) is 0 Å². The topological polar surface area (TPSA) is 89.9 Å². The number of rotatable bonds is 27. The van der Waals surface area contributed by atoms with Crippen LogP contribution in [0, 0.1) is 0 Å². The van der Waals surface area contributed by atoms with Crippen LogP contribution in [-0.2, 0) is 23.9 Å². The molecule has 3 atom stereocenters. The zero-order valence-corrected chi connectivity index (χ0v) is 25.3. The first-order chi connectivity index (χ1) is 18.3. The minimum absolute atomic E-state index is 0.0394. The van der Waals surface area contributed by atoms with Gasteiger partial charge in [-0.05, 0) is 33.1 Å². The second-order valence-corrected chi connectivity index (χ2v) is 11.0. The summed E-state index contributed by atoms with van der Waals surface area (Å²) in [6.07, 6.45) is 21.6. The Balaban J connectivity index is 4.42. The molecule has 1 N–H and O–H groups in total. The SMILES string of the molecule is CCCCCCCCCCCCCC(OC(=O)C(C)OC(=O)C(C)O)C(=O)CCCCCCCCCCC. The molecule has 0 aliphatic carbocycles. The van der Waals surface area contributed by atoms with Crippen molar-refractivity contribution < 1.29 is 29.0 Å². The summed E-state index contributed by atoms with van der Waals surface area (Å²) in [5, 5.41) is 9.32. The van der Waals surface area contributed by atoms with Gasteiger partial charge in [0, 0.05) is 6.42 Å². The molecule has 38 heavy (non-hydrogen) atoms. The van der Waals surface area contributed by atoms with Gasteiger partial charge in [0.25, 0.3) is 0 Å². The Bertz CT molecular complexity index is 588. The zero-order chi connectivity index (χ0) is 28.4. The summed E-state index contributed by atoms with van der Waals surface area (Å²) in [6, 6.07) is 0. The molecule has 224 valence electrons. The normalized spacial score (nSPS) is 13.6. The zero-order valence-electron chi connectivity index (χ0n) is 25.3. The van der Waals surface area contributed by atoms with E-state index in [0.717, 1.165) is 38.5 Å². The Morgan fingerprint density at radius 1 is 0.553 bits per heavy atom. The number of hydrogen-bond donors (Lipinski definition) is 1. The minimum atomic E-state index is -1.31. The Kier molecular flexibility index (Phi) is 24.9. The van der Waals surface area contributed by atoms with E-state index in [-0.39, 0.29) is 5.78 Å². The van der Waals surface area contributed by atoms with Gasteiger partial charge in [-0.25, -0.2) is 9.59 Å². The van der Waals surface area contributed by atoms with E-state index >= 15 is 0 Å². The van der Waals surface area contributed by atoms with Crippen LogP contribution >= 0.6 is 0 Å². The van der Waals surface area contributed by atoms with Crippen molar-refractivity contribution in [2.24, 2.45) is 0 Å². The number of esters is 2. The van der Waals surface area contributed by atoms with Crippen molar-refractivity contribution in [3.8, 4) is 0 Å². The summed E-state index contributed by atoms with van der Waals surface area (Å²) in [5.41, 5.74) is 0. The predicted molar refractivity (Wildman–Crippen MR) is 155 cm³/mol. The smallest absolute Gasteiger partial charge is 0.347 e. The standard InChI is InChI=1S/C32H60O6/c1-5-7-9-11-13-15-16-18-20-22-24-26-30(38-32(36)28(4)37-31(35)27(3)33)29(34)25-23-21-19-17-14-12-10-8-6-2/h27-28,30,33H,5-26H2,1-4H3. The van der Waals surface area contributed by atoms with Crippen LogP contribution < -0.4 is 0 Å². The summed E-state index contributed by atoms with van der Waals surface area (Å²) in [5.74, 6) is -1.65.